The summed E-state index contributed by atoms with van der Waals surface area (Å²) < 4.78 is 14.7. The minimum atomic E-state index is -0.812. The third-order valence-corrected chi connectivity index (χ3v) is 5.46. The molecule has 0 aliphatic carbocycles. The predicted molar refractivity (Wildman–Crippen MR) is 118 cm³/mol. The van der Waals surface area contributed by atoms with Crippen molar-refractivity contribution in [1.82, 2.24) is 25.1 Å². The molecule has 168 valence electrons. The third kappa shape index (κ3) is 5.31. The smallest absolute Gasteiger partial charge is 0.272 e. The summed E-state index contributed by atoms with van der Waals surface area (Å²) in [4.78, 5) is 32.9. The number of carbonyl (C=O) groups excluding carboxylic acids is 2. The monoisotopic (exact) mass is 429 g/mol. The summed E-state index contributed by atoms with van der Waals surface area (Å²) in [7, 11) is 2.02. The van der Waals surface area contributed by atoms with Gasteiger partial charge in [-0.15, -0.1) is 0 Å². The first kappa shape index (κ1) is 22.9. The van der Waals surface area contributed by atoms with E-state index in [4.69, 9.17) is 4.98 Å². The Morgan fingerprint density at radius 3 is 2.55 bits per heavy atom. The van der Waals surface area contributed by atoms with Crippen LogP contribution >= 0.6 is 0 Å². The zero-order valence-electron chi connectivity index (χ0n) is 18.7. The lowest BCUT2D eigenvalue weighted by atomic mass is 9.86. The molecule has 0 saturated heterocycles. The molecule has 0 radical (unpaired) electrons. The highest BCUT2D eigenvalue weighted by Crippen LogP contribution is 2.27. The Bertz CT molecular complexity index is 920. The second kappa shape index (κ2) is 9.60. The van der Waals surface area contributed by atoms with Crippen molar-refractivity contribution in [3.63, 3.8) is 0 Å². The van der Waals surface area contributed by atoms with Crippen LogP contribution in [-0.2, 0) is 17.9 Å². The molecule has 0 fully saturated rings. The fraction of sp³-hybridized carbons (Fsp3) is 0.522. The average molecular weight is 430 g/mol. The Morgan fingerprint density at radius 1 is 1.19 bits per heavy atom. The quantitative estimate of drug-likeness (QED) is 0.740. The van der Waals surface area contributed by atoms with Gasteiger partial charge in [0, 0.05) is 25.2 Å². The van der Waals surface area contributed by atoms with E-state index in [9.17, 15) is 14.0 Å². The number of aromatic nitrogens is 2. The number of alkyl halides is 1. The van der Waals surface area contributed by atoms with Gasteiger partial charge in [-0.25, -0.2) is 9.37 Å². The molecule has 2 heterocycles. The summed E-state index contributed by atoms with van der Waals surface area (Å²) in [6.45, 7) is 7.15. The normalized spacial score (nSPS) is 15.6. The van der Waals surface area contributed by atoms with Gasteiger partial charge in [-0.05, 0) is 25.4 Å². The Morgan fingerprint density at radius 2 is 1.90 bits per heavy atom. The molecule has 0 bridgehead atoms. The number of fused-ring (bicyclic) bond motifs is 1. The molecule has 2 aromatic rings. The van der Waals surface area contributed by atoms with Crippen molar-refractivity contribution in [2.24, 2.45) is 5.41 Å². The maximum absolute atomic E-state index is 13.4. The molecule has 31 heavy (non-hydrogen) atoms. The maximum atomic E-state index is 13.4. The maximum Gasteiger partial charge on any atom is 0.272 e. The van der Waals surface area contributed by atoms with Crippen molar-refractivity contribution in [1.29, 1.82) is 0 Å². The Hall–Kier alpha value is -2.74. The molecule has 1 atom stereocenters. The minimum Gasteiger partial charge on any atom is -0.352 e. The molecule has 0 unspecified atom stereocenters. The molecule has 1 aliphatic heterocycles. The average Bonchev–Trinajstić information content (AvgIpc) is 2.96. The molecule has 1 aromatic heterocycles. The molecule has 7 nitrogen and oxygen atoms in total. The van der Waals surface area contributed by atoms with Crippen molar-refractivity contribution >= 4 is 11.8 Å². The Kier molecular flexibility index (Phi) is 7.10. The number of hydrogen-bond donors (Lipinski definition) is 2. The summed E-state index contributed by atoms with van der Waals surface area (Å²) in [5.41, 5.74) is 1.57. The van der Waals surface area contributed by atoms with Crippen LogP contribution in [0.25, 0.3) is 11.4 Å². The van der Waals surface area contributed by atoms with Crippen molar-refractivity contribution < 1.29 is 14.0 Å². The van der Waals surface area contributed by atoms with Gasteiger partial charge >= 0.3 is 0 Å². The largest absolute Gasteiger partial charge is 0.352 e. The fourth-order valence-corrected chi connectivity index (χ4v) is 3.86. The first-order valence-corrected chi connectivity index (χ1v) is 10.7. The number of halogens is 1. The lowest BCUT2D eigenvalue weighted by molar-refractivity contribution is -0.125. The van der Waals surface area contributed by atoms with E-state index < -0.39 is 29.9 Å². The van der Waals surface area contributed by atoms with Gasteiger partial charge in [0.05, 0.1) is 5.69 Å². The number of benzene rings is 1. The van der Waals surface area contributed by atoms with Crippen molar-refractivity contribution in [3.8, 4) is 11.4 Å². The highest BCUT2D eigenvalue weighted by atomic mass is 19.1. The fourth-order valence-electron chi connectivity index (χ4n) is 3.86. The third-order valence-electron chi connectivity index (χ3n) is 5.46. The number of carbonyl (C=O) groups is 2. The standard InChI is InChI=1S/C23H32FN5O2/c1-23(2,3)19(22(31)25-12-11-24)27-21(30)18-17-15-28(4)13-8-14-29(17)20(26-18)16-9-6-5-7-10-16/h5-7,9-10,19H,8,11-15H2,1-4H3,(H,25,31)(H,27,30)/t19-/m1/s1. The summed E-state index contributed by atoms with van der Waals surface area (Å²) in [5.74, 6) is -0.0361. The number of nitrogens with zero attached hydrogens (tertiary/aromatic N) is 3. The molecule has 3 rings (SSSR count). The topological polar surface area (TPSA) is 79.3 Å². The molecule has 2 N–H and O–H groups in total. The van der Waals surface area contributed by atoms with E-state index >= 15 is 0 Å². The number of nitrogens with one attached hydrogen (secondary N) is 2. The SMILES string of the molecule is CN1CCCn2c(-c3ccccc3)nc(C(=O)N[C@H](C(=O)NCCF)C(C)(C)C)c2C1. The van der Waals surface area contributed by atoms with E-state index in [1.54, 1.807) is 0 Å². The van der Waals surface area contributed by atoms with Gasteiger partial charge in [0.2, 0.25) is 5.91 Å². The molecule has 1 aliphatic rings. The van der Waals surface area contributed by atoms with Gasteiger partial charge in [-0.1, -0.05) is 51.1 Å². The Balaban J connectivity index is 1.98. The molecular formula is C23H32FN5O2. The van der Waals surface area contributed by atoms with Gasteiger partial charge in [0.15, 0.2) is 5.69 Å². The molecule has 2 amide bonds. The zero-order chi connectivity index (χ0) is 22.6. The van der Waals surface area contributed by atoms with Gasteiger partial charge in [0.25, 0.3) is 5.91 Å². The highest BCUT2D eigenvalue weighted by Gasteiger charge is 2.35. The second-order valence-corrected chi connectivity index (χ2v) is 9.09. The van der Waals surface area contributed by atoms with E-state index in [1.807, 2.05) is 58.2 Å². The molecule has 0 spiro atoms. The number of rotatable bonds is 6. The lowest BCUT2D eigenvalue weighted by Crippen LogP contribution is -2.54. The van der Waals surface area contributed by atoms with E-state index in [2.05, 4.69) is 20.1 Å². The lowest BCUT2D eigenvalue weighted by Gasteiger charge is -2.30. The molecule has 0 saturated carbocycles. The van der Waals surface area contributed by atoms with Crippen molar-refractivity contribution in [3.05, 3.63) is 41.7 Å². The van der Waals surface area contributed by atoms with E-state index in [1.165, 1.54) is 0 Å². The second-order valence-electron chi connectivity index (χ2n) is 9.09. The van der Waals surface area contributed by atoms with Crippen molar-refractivity contribution in [2.45, 2.75) is 46.3 Å². The first-order valence-electron chi connectivity index (χ1n) is 10.7. The minimum absolute atomic E-state index is 0.0793. The van der Waals surface area contributed by atoms with Gasteiger partial charge in [-0.3, -0.25) is 9.59 Å². The van der Waals surface area contributed by atoms with E-state index in [0.29, 0.717) is 12.2 Å². The van der Waals surface area contributed by atoms with Crippen molar-refractivity contribution in [2.75, 3.05) is 26.8 Å². The molecule has 1 aromatic carbocycles. The first-order chi connectivity index (χ1) is 14.7. The van der Waals surface area contributed by atoms with Crippen LogP contribution in [0, 0.1) is 5.41 Å². The van der Waals surface area contributed by atoms with Crippen LogP contribution in [0.3, 0.4) is 0 Å². The van der Waals surface area contributed by atoms with E-state index in [0.717, 1.165) is 36.6 Å². The number of amides is 2. The summed E-state index contributed by atoms with van der Waals surface area (Å²) in [6, 6.07) is 8.99. The molecular weight excluding hydrogens is 397 g/mol. The zero-order valence-corrected chi connectivity index (χ0v) is 18.7. The predicted octanol–water partition coefficient (Wildman–Crippen LogP) is 2.62. The van der Waals surface area contributed by atoms with Gasteiger partial charge < -0.3 is 20.1 Å². The van der Waals surface area contributed by atoms with E-state index in [-0.39, 0.29) is 6.54 Å². The van der Waals surface area contributed by atoms with Crippen LogP contribution in [0.15, 0.2) is 30.3 Å². The van der Waals surface area contributed by atoms with Gasteiger partial charge in [-0.2, -0.15) is 0 Å². The summed E-state index contributed by atoms with van der Waals surface area (Å²) >= 11 is 0. The Labute approximate surface area is 183 Å². The number of imidazole rings is 1. The van der Waals surface area contributed by atoms with Gasteiger partial charge in [0.1, 0.15) is 18.5 Å². The summed E-state index contributed by atoms with van der Waals surface area (Å²) in [5, 5.41) is 5.41. The number of hydrogen-bond acceptors (Lipinski definition) is 4. The summed E-state index contributed by atoms with van der Waals surface area (Å²) in [6.07, 6.45) is 0.955. The van der Waals surface area contributed by atoms with Crippen LogP contribution in [0.1, 0.15) is 43.4 Å². The molecule has 8 heteroatoms. The highest BCUT2D eigenvalue weighted by molar-refractivity contribution is 5.98. The van der Waals surface area contributed by atoms with Crippen LogP contribution in [0.5, 0.6) is 0 Å². The van der Waals surface area contributed by atoms with Crippen LogP contribution in [-0.4, -0.2) is 59.1 Å². The van der Waals surface area contributed by atoms with Crippen LogP contribution in [0.2, 0.25) is 0 Å². The van der Waals surface area contributed by atoms with Crippen LogP contribution < -0.4 is 10.6 Å². The van der Waals surface area contributed by atoms with Crippen LogP contribution in [0.4, 0.5) is 4.39 Å².